The topological polar surface area (TPSA) is 26.0 Å². The van der Waals surface area contributed by atoms with Crippen LogP contribution in [0.5, 0.6) is 0 Å². The molecule has 0 spiro atoms. The lowest BCUT2D eigenvalue weighted by atomic mass is 10.1. The first-order chi connectivity index (χ1) is 3.18. The van der Waals surface area contributed by atoms with E-state index in [0.29, 0.717) is 5.92 Å². The van der Waals surface area contributed by atoms with Crippen molar-refractivity contribution in [3.8, 4) is 0 Å². The fraction of sp³-hybridized carbons (Fsp3) is 0.667. The molecule has 1 heteroatoms. The predicted molar refractivity (Wildman–Crippen MR) is 32.8 cm³/mol. The first kappa shape index (κ1) is 6.54. The van der Waals surface area contributed by atoms with E-state index < -0.39 is 0 Å². The molecule has 0 aliphatic rings. The van der Waals surface area contributed by atoms with Crippen molar-refractivity contribution in [2.24, 2.45) is 11.7 Å². The zero-order valence-corrected chi connectivity index (χ0v) is 5.23. The quantitative estimate of drug-likeness (QED) is 0.529. The molecule has 0 unspecified atom stereocenters. The standard InChI is InChI=1S/C6H13N/c1-4-6(7)5(2)3/h4-5H,7H2,1-3H3. The third-order valence-corrected chi connectivity index (χ3v) is 1.00. The normalized spacial score (nSPS) is 12.9. The van der Waals surface area contributed by atoms with E-state index in [1.165, 1.54) is 0 Å². The van der Waals surface area contributed by atoms with Crippen molar-refractivity contribution in [2.75, 3.05) is 0 Å². The van der Waals surface area contributed by atoms with Crippen molar-refractivity contribution in [1.82, 2.24) is 0 Å². The molecule has 42 valence electrons. The average Bonchev–Trinajstić information content (AvgIpc) is 1.65. The van der Waals surface area contributed by atoms with Crippen LogP contribution in [0.15, 0.2) is 11.8 Å². The molecule has 2 N–H and O–H groups in total. The summed E-state index contributed by atoms with van der Waals surface area (Å²) < 4.78 is 0. The maximum atomic E-state index is 5.48. The van der Waals surface area contributed by atoms with Gasteiger partial charge in [0.2, 0.25) is 0 Å². The lowest BCUT2D eigenvalue weighted by molar-refractivity contribution is 0.755. The van der Waals surface area contributed by atoms with Crippen LogP contribution in [-0.2, 0) is 0 Å². The zero-order chi connectivity index (χ0) is 5.86. The maximum absolute atomic E-state index is 5.48. The maximum Gasteiger partial charge on any atom is 0.00631 e. The Kier molecular flexibility index (Phi) is 2.49. The van der Waals surface area contributed by atoms with Crippen molar-refractivity contribution >= 4 is 0 Å². The Balaban J connectivity index is 3.56. The number of allylic oxidation sites excluding steroid dienone is 2. The second-order valence-corrected chi connectivity index (χ2v) is 1.94. The molecule has 0 atom stereocenters. The van der Waals surface area contributed by atoms with Gasteiger partial charge in [-0.25, -0.2) is 0 Å². The Morgan fingerprint density at radius 2 is 2.00 bits per heavy atom. The molecule has 0 bridgehead atoms. The number of hydrogen-bond acceptors (Lipinski definition) is 1. The molecule has 0 rings (SSSR count). The molecule has 0 aromatic heterocycles. The Labute approximate surface area is 45.2 Å². The SMILES string of the molecule is CC=C(N)C(C)C. The summed E-state index contributed by atoms with van der Waals surface area (Å²) in [6.45, 7) is 6.11. The Morgan fingerprint density at radius 3 is 2.00 bits per heavy atom. The van der Waals surface area contributed by atoms with Gasteiger partial charge in [-0.1, -0.05) is 19.9 Å². The molecule has 0 aliphatic heterocycles. The van der Waals surface area contributed by atoms with Gasteiger partial charge in [0, 0.05) is 5.70 Å². The average molecular weight is 99.2 g/mol. The highest BCUT2D eigenvalue weighted by Gasteiger charge is 1.91. The molecule has 0 radical (unpaired) electrons. The summed E-state index contributed by atoms with van der Waals surface area (Å²) in [6, 6.07) is 0. The molecular formula is C6H13N. The van der Waals surface area contributed by atoms with E-state index in [4.69, 9.17) is 5.73 Å². The second-order valence-electron chi connectivity index (χ2n) is 1.94. The van der Waals surface area contributed by atoms with Gasteiger partial charge in [-0.05, 0) is 12.8 Å². The van der Waals surface area contributed by atoms with Crippen molar-refractivity contribution in [2.45, 2.75) is 20.8 Å². The van der Waals surface area contributed by atoms with E-state index in [0.717, 1.165) is 5.70 Å². The molecular weight excluding hydrogens is 86.1 g/mol. The van der Waals surface area contributed by atoms with Crippen molar-refractivity contribution in [1.29, 1.82) is 0 Å². The van der Waals surface area contributed by atoms with Crippen molar-refractivity contribution in [3.05, 3.63) is 11.8 Å². The molecule has 0 aliphatic carbocycles. The Hall–Kier alpha value is -0.460. The van der Waals surface area contributed by atoms with Crippen LogP contribution < -0.4 is 5.73 Å². The van der Waals surface area contributed by atoms with Crippen LogP contribution in [0.2, 0.25) is 0 Å². The van der Waals surface area contributed by atoms with Gasteiger partial charge in [0.1, 0.15) is 0 Å². The molecule has 7 heavy (non-hydrogen) atoms. The highest BCUT2D eigenvalue weighted by Crippen LogP contribution is 1.99. The minimum Gasteiger partial charge on any atom is -0.402 e. The molecule has 1 nitrogen and oxygen atoms in total. The lowest BCUT2D eigenvalue weighted by Gasteiger charge is -2.00. The number of nitrogens with two attached hydrogens (primary N) is 1. The van der Waals surface area contributed by atoms with Crippen LogP contribution in [0.4, 0.5) is 0 Å². The van der Waals surface area contributed by atoms with Gasteiger partial charge in [-0.15, -0.1) is 0 Å². The fourth-order valence-corrected chi connectivity index (χ4v) is 0.333. The number of rotatable bonds is 1. The Morgan fingerprint density at radius 1 is 1.57 bits per heavy atom. The summed E-state index contributed by atoms with van der Waals surface area (Å²) in [5.41, 5.74) is 6.45. The molecule has 0 aromatic rings. The summed E-state index contributed by atoms with van der Waals surface area (Å²) in [5, 5.41) is 0. The van der Waals surface area contributed by atoms with E-state index in [2.05, 4.69) is 13.8 Å². The van der Waals surface area contributed by atoms with Crippen LogP contribution in [0.3, 0.4) is 0 Å². The minimum absolute atomic E-state index is 0.505. The molecule has 0 fully saturated rings. The lowest BCUT2D eigenvalue weighted by Crippen LogP contribution is -2.03. The van der Waals surface area contributed by atoms with Crippen LogP contribution in [0, 0.1) is 5.92 Å². The largest absolute Gasteiger partial charge is 0.402 e. The van der Waals surface area contributed by atoms with Crippen LogP contribution in [0.1, 0.15) is 20.8 Å². The monoisotopic (exact) mass is 99.1 g/mol. The van der Waals surface area contributed by atoms with Gasteiger partial charge in [0.25, 0.3) is 0 Å². The molecule has 0 heterocycles. The molecule has 0 saturated carbocycles. The summed E-state index contributed by atoms with van der Waals surface area (Å²) in [5.74, 6) is 0.505. The summed E-state index contributed by atoms with van der Waals surface area (Å²) in [7, 11) is 0. The molecule has 0 saturated heterocycles. The van der Waals surface area contributed by atoms with Gasteiger partial charge in [0.15, 0.2) is 0 Å². The molecule has 0 amide bonds. The van der Waals surface area contributed by atoms with E-state index in [-0.39, 0.29) is 0 Å². The highest BCUT2D eigenvalue weighted by atomic mass is 14.6. The van der Waals surface area contributed by atoms with Gasteiger partial charge in [-0.3, -0.25) is 0 Å². The third-order valence-electron chi connectivity index (χ3n) is 1.00. The highest BCUT2D eigenvalue weighted by molar-refractivity contribution is 4.96. The smallest absolute Gasteiger partial charge is 0.00631 e. The van der Waals surface area contributed by atoms with Crippen molar-refractivity contribution < 1.29 is 0 Å². The van der Waals surface area contributed by atoms with Crippen molar-refractivity contribution in [3.63, 3.8) is 0 Å². The van der Waals surface area contributed by atoms with E-state index >= 15 is 0 Å². The van der Waals surface area contributed by atoms with E-state index in [1.54, 1.807) is 0 Å². The van der Waals surface area contributed by atoms with E-state index in [9.17, 15) is 0 Å². The van der Waals surface area contributed by atoms with E-state index in [1.807, 2.05) is 13.0 Å². The predicted octanol–water partition coefficient (Wildman–Crippen LogP) is 1.50. The first-order valence-corrected chi connectivity index (χ1v) is 2.60. The second kappa shape index (κ2) is 2.67. The van der Waals surface area contributed by atoms with Gasteiger partial charge < -0.3 is 5.73 Å². The van der Waals surface area contributed by atoms with Crippen LogP contribution in [-0.4, -0.2) is 0 Å². The van der Waals surface area contributed by atoms with Crippen LogP contribution in [0.25, 0.3) is 0 Å². The molecule has 0 aromatic carbocycles. The minimum atomic E-state index is 0.505. The van der Waals surface area contributed by atoms with Gasteiger partial charge in [-0.2, -0.15) is 0 Å². The Bertz CT molecular complexity index is 72.2. The summed E-state index contributed by atoms with van der Waals surface area (Å²) in [4.78, 5) is 0. The fourth-order valence-electron chi connectivity index (χ4n) is 0.333. The first-order valence-electron chi connectivity index (χ1n) is 2.60. The van der Waals surface area contributed by atoms with Gasteiger partial charge in [0.05, 0.1) is 0 Å². The van der Waals surface area contributed by atoms with Gasteiger partial charge >= 0.3 is 0 Å². The summed E-state index contributed by atoms with van der Waals surface area (Å²) in [6.07, 6.45) is 1.94. The van der Waals surface area contributed by atoms with Crippen LogP contribution >= 0.6 is 0 Å². The zero-order valence-electron chi connectivity index (χ0n) is 5.23. The third kappa shape index (κ3) is 2.26. The summed E-state index contributed by atoms with van der Waals surface area (Å²) >= 11 is 0. The number of hydrogen-bond donors (Lipinski definition) is 1.